The highest BCUT2D eigenvalue weighted by atomic mass is 19.1. The number of ether oxygens (including phenoxy) is 1. The minimum atomic E-state index is -0.199. The van der Waals surface area contributed by atoms with Gasteiger partial charge >= 0.3 is 0 Å². The van der Waals surface area contributed by atoms with E-state index in [1.165, 1.54) is 12.1 Å². The largest absolute Gasteiger partial charge is 0.480 e. The van der Waals surface area contributed by atoms with Crippen molar-refractivity contribution in [2.45, 2.75) is 25.9 Å². The molecule has 1 atom stereocenters. The molecule has 2 heterocycles. The third-order valence-corrected chi connectivity index (χ3v) is 4.06. The number of halogens is 1. The SMILES string of the molecule is COc1cc2c(nn1)CCN([C@@H](C)c1ccc(F)cc1)C2. The lowest BCUT2D eigenvalue weighted by Gasteiger charge is -2.33. The van der Waals surface area contributed by atoms with Gasteiger partial charge in [0.2, 0.25) is 5.88 Å². The minimum absolute atomic E-state index is 0.199. The molecule has 0 bridgehead atoms. The molecule has 0 N–H and O–H groups in total. The average Bonchev–Trinajstić information content (AvgIpc) is 2.53. The molecule has 0 unspecified atom stereocenters. The van der Waals surface area contributed by atoms with Gasteiger partial charge in [0, 0.05) is 31.6 Å². The van der Waals surface area contributed by atoms with Crippen LogP contribution in [0.5, 0.6) is 5.88 Å². The van der Waals surface area contributed by atoms with Crippen molar-refractivity contribution in [3.63, 3.8) is 0 Å². The summed E-state index contributed by atoms with van der Waals surface area (Å²) in [4.78, 5) is 2.36. The van der Waals surface area contributed by atoms with E-state index in [1.807, 2.05) is 18.2 Å². The summed E-state index contributed by atoms with van der Waals surface area (Å²) in [5, 5.41) is 8.23. The molecule has 5 heteroatoms. The number of hydrogen-bond donors (Lipinski definition) is 0. The van der Waals surface area contributed by atoms with Gasteiger partial charge in [-0.05, 0) is 30.2 Å². The molecule has 3 rings (SSSR count). The molecule has 0 fully saturated rings. The molecule has 1 aliphatic rings. The summed E-state index contributed by atoms with van der Waals surface area (Å²) < 4.78 is 18.2. The molecule has 1 aromatic heterocycles. The van der Waals surface area contributed by atoms with Crippen LogP contribution in [-0.4, -0.2) is 28.8 Å². The van der Waals surface area contributed by atoms with Crippen LogP contribution in [0.1, 0.15) is 29.8 Å². The quantitative estimate of drug-likeness (QED) is 0.870. The summed E-state index contributed by atoms with van der Waals surface area (Å²) in [5.41, 5.74) is 3.31. The van der Waals surface area contributed by atoms with Crippen molar-refractivity contribution in [3.05, 3.63) is 53.0 Å². The Labute approximate surface area is 123 Å². The predicted octanol–water partition coefficient (Wildman–Crippen LogP) is 2.74. The molecular weight excluding hydrogens is 269 g/mol. The van der Waals surface area contributed by atoms with Gasteiger partial charge in [-0.25, -0.2) is 4.39 Å². The summed E-state index contributed by atoms with van der Waals surface area (Å²) in [5.74, 6) is 0.347. The van der Waals surface area contributed by atoms with E-state index in [0.717, 1.165) is 36.3 Å². The van der Waals surface area contributed by atoms with Crippen molar-refractivity contribution in [2.24, 2.45) is 0 Å². The highest BCUT2D eigenvalue weighted by Crippen LogP contribution is 2.27. The number of nitrogens with zero attached hydrogens (tertiary/aromatic N) is 3. The van der Waals surface area contributed by atoms with E-state index in [9.17, 15) is 4.39 Å². The Balaban J connectivity index is 1.80. The van der Waals surface area contributed by atoms with E-state index >= 15 is 0 Å². The number of methoxy groups -OCH3 is 1. The number of fused-ring (bicyclic) bond motifs is 1. The Morgan fingerprint density at radius 1 is 1.24 bits per heavy atom. The molecule has 2 aromatic rings. The first kappa shape index (κ1) is 13.9. The first-order valence-electron chi connectivity index (χ1n) is 7.06. The van der Waals surface area contributed by atoms with Gasteiger partial charge in [0.15, 0.2) is 0 Å². The number of benzene rings is 1. The van der Waals surface area contributed by atoms with Crippen LogP contribution in [0.3, 0.4) is 0 Å². The van der Waals surface area contributed by atoms with Crippen LogP contribution in [0.4, 0.5) is 4.39 Å². The molecule has 1 aliphatic heterocycles. The van der Waals surface area contributed by atoms with Crippen LogP contribution in [-0.2, 0) is 13.0 Å². The molecule has 21 heavy (non-hydrogen) atoms. The number of rotatable bonds is 3. The molecule has 4 nitrogen and oxygen atoms in total. The first-order valence-corrected chi connectivity index (χ1v) is 7.06. The Morgan fingerprint density at radius 3 is 2.71 bits per heavy atom. The van der Waals surface area contributed by atoms with Crippen molar-refractivity contribution in [2.75, 3.05) is 13.7 Å². The smallest absolute Gasteiger partial charge is 0.233 e. The van der Waals surface area contributed by atoms with Gasteiger partial charge in [-0.3, -0.25) is 4.90 Å². The Bertz CT molecular complexity index is 630. The fourth-order valence-corrected chi connectivity index (χ4v) is 2.71. The Morgan fingerprint density at radius 2 is 2.00 bits per heavy atom. The summed E-state index contributed by atoms with van der Waals surface area (Å²) in [6.07, 6.45) is 0.873. The van der Waals surface area contributed by atoms with Gasteiger partial charge in [0.05, 0.1) is 12.8 Å². The lowest BCUT2D eigenvalue weighted by molar-refractivity contribution is 0.189. The highest BCUT2D eigenvalue weighted by molar-refractivity contribution is 5.27. The fourth-order valence-electron chi connectivity index (χ4n) is 2.71. The van der Waals surface area contributed by atoms with E-state index in [4.69, 9.17) is 4.74 Å². The van der Waals surface area contributed by atoms with E-state index in [2.05, 4.69) is 22.0 Å². The van der Waals surface area contributed by atoms with E-state index in [0.29, 0.717) is 5.88 Å². The standard InChI is InChI=1S/C16H18FN3O/c1-11(12-3-5-14(17)6-4-12)20-8-7-15-13(10-20)9-16(21-2)19-18-15/h3-6,9,11H,7-8,10H2,1-2H3/t11-/m0/s1. The monoisotopic (exact) mass is 287 g/mol. The lowest BCUT2D eigenvalue weighted by atomic mass is 10.0. The first-order chi connectivity index (χ1) is 10.2. The van der Waals surface area contributed by atoms with Gasteiger partial charge in [-0.2, -0.15) is 5.10 Å². The van der Waals surface area contributed by atoms with E-state index < -0.39 is 0 Å². The highest BCUT2D eigenvalue weighted by Gasteiger charge is 2.23. The maximum atomic E-state index is 13.0. The van der Waals surface area contributed by atoms with Crippen LogP contribution in [0.15, 0.2) is 30.3 Å². The number of hydrogen-bond acceptors (Lipinski definition) is 4. The second-order valence-corrected chi connectivity index (χ2v) is 5.31. The second-order valence-electron chi connectivity index (χ2n) is 5.31. The Kier molecular flexibility index (Phi) is 3.84. The van der Waals surface area contributed by atoms with Crippen LogP contribution < -0.4 is 4.74 Å². The number of aromatic nitrogens is 2. The summed E-state index contributed by atoms with van der Waals surface area (Å²) >= 11 is 0. The Hall–Kier alpha value is -2.01. The maximum Gasteiger partial charge on any atom is 0.233 e. The van der Waals surface area contributed by atoms with Crippen LogP contribution >= 0.6 is 0 Å². The summed E-state index contributed by atoms with van der Waals surface area (Å²) in [6.45, 7) is 3.87. The molecule has 0 saturated carbocycles. The summed E-state index contributed by atoms with van der Waals surface area (Å²) in [6, 6.07) is 8.90. The van der Waals surface area contributed by atoms with Crippen molar-refractivity contribution in [3.8, 4) is 5.88 Å². The topological polar surface area (TPSA) is 38.3 Å². The van der Waals surface area contributed by atoms with Gasteiger partial charge in [-0.1, -0.05) is 12.1 Å². The van der Waals surface area contributed by atoms with Gasteiger partial charge in [0.1, 0.15) is 5.82 Å². The van der Waals surface area contributed by atoms with E-state index in [1.54, 1.807) is 7.11 Å². The zero-order valence-electron chi connectivity index (χ0n) is 12.2. The van der Waals surface area contributed by atoms with Crippen molar-refractivity contribution in [1.29, 1.82) is 0 Å². The summed E-state index contributed by atoms with van der Waals surface area (Å²) in [7, 11) is 1.60. The molecule has 0 amide bonds. The van der Waals surface area contributed by atoms with Gasteiger partial charge in [-0.15, -0.1) is 5.10 Å². The third-order valence-electron chi connectivity index (χ3n) is 4.06. The zero-order chi connectivity index (χ0) is 14.8. The minimum Gasteiger partial charge on any atom is -0.480 e. The molecule has 0 spiro atoms. The zero-order valence-corrected chi connectivity index (χ0v) is 12.2. The van der Waals surface area contributed by atoms with Gasteiger partial charge < -0.3 is 4.74 Å². The maximum absolute atomic E-state index is 13.0. The molecule has 110 valence electrons. The van der Waals surface area contributed by atoms with E-state index in [-0.39, 0.29) is 11.9 Å². The molecule has 0 aliphatic carbocycles. The van der Waals surface area contributed by atoms with Crippen LogP contribution in [0.2, 0.25) is 0 Å². The normalized spacial score (nSPS) is 16.3. The molecule has 0 radical (unpaired) electrons. The molecular formula is C16H18FN3O. The second kappa shape index (κ2) is 5.77. The fraction of sp³-hybridized carbons (Fsp3) is 0.375. The van der Waals surface area contributed by atoms with Gasteiger partial charge in [0.25, 0.3) is 0 Å². The van der Waals surface area contributed by atoms with Crippen molar-refractivity contribution >= 4 is 0 Å². The van der Waals surface area contributed by atoms with Crippen molar-refractivity contribution < 1.29 is 9.13 Å². The van der Waals surface area contributed by atoms with Crippen LogP contribution in [0, 0.1) is 5.82 Å². The predicted molar refractivity (Wildman–Crippen MR) is 77.5 cm³/mol. The third kappa shape index (κ3) is 2.88. The lowest BCUT2D eigenvalue weighted by Crippen LogP contribution is -2.33. The van der Waals surface area contributed by atoms with Crippen LogP contribution in [0.25, 0.3) is 0 Å². The van der Waals surface area contributed by atoms with Crippen molar-refractivity contribution in [1.82, 2.24) is 15.1 Å². The molecule has 0 saturated heterocycles. The molecule has 1 aromatic carbocycles. The average molecular weight is 287 g/mol.